The average Bonchev–Trinajstić information content (AvgIpc) is 2.44. The summed E-state index contributed by atoms with van der Waals surface area (Å²) in [7, 11) is 0. The van der Waals surface area contributed by atoms with Crippen molar-refractivity contribution in [2.75, 3.05) is 0 Å². The molecule has 0 bridgehead atoms. The molecule has 1 rings (SSSR count). The summed E-state index contributed by atoms with van der Waals surface area (Å²) in [5.41, 5.74) is 0.990. The summed E-state index contributed by atoms with van der Waals surface area (Å²) in [5.74, 6) is 0.234. The van der Waals surface area contributed by atoms with E-state index in [-0.39, 0.29) is 12.1 Å². The first kappa shape index (κ1) is 16.2. The number of esters is 1. The van der Waals surface area contributed by atoms with Gasteiger partial charge in [0.25, 0.3) is 0 Å². The zero-order chi connectivity index (χ0) is 14.8. The molecule has 0 amide bonds. The fraction of sp³-hybridized carbons (Fsp3) is 0.389. The van der Waals surface area contributed by atoms with Crippen LogP contribution >= 0.6 is 0 Å². The molecule has 0 spiro atoms. The third kappa shape index (κ3) is 6.93. The standard InChI is InChI=1S/C18H24O2/c1-4-15(2)10-8-9-11-16(3)20-18(19)14-17-12-6-5-7-13-17/h4-8,10,12-13,15-16H,1,9,11,14H2,2-3H3/b10-8+. The quantitative estimate of drug-likeness (QED) is 0.520. The molecule has 0 saturated heterocycles. The molecule has 0 radical (unpaired) electrons. The number of rotatable bonds is 8. The Hall–Kier alpha value is -1.83. The molecular formula is C18H24O2. The van der Waals surface area contributed by atoms with Gasteiger partial charge in [0.15, 0.2) is 0 Å². The zero-order valence-electron chi connectivity index (χ0n) is 12.4. The van der Waals surface area contributed by atoms with Gasteiger partial charge in [-0.3, -0.25) is 4.79 Å². The Morgan fingerprint density at radius 1 is 1.30 bits per heavy atom. The number of carbonyl (C=O) groups is 1. The molecule has 2 heteroatoms. The van der Waals surface area contributed by atoms with Crippen LogP contribution in [0, 0.1) is 5.92 Å². The van der Waals surface area contributed by atoms with E-state index in [1.54, 1.807) is 0 Å². The van der Waals surface area contributed by atoms with Crippen LogP contribution in [-0.4, -0.2) is 12.1 Å². The zero-order valence-corrected chi connectivity index (χ0v) is 12.4. The molecule has 0 N–H and O–H groups in total. The van der Waals surface area contributed by atoms with Crippen molar-refractivity contribution in [2.24, 2.45) is 5.92 Å². The summed E-state index contributed by atoms with van der Waals surface area (Å²) in [5, 5.41) is 0. The SMILES string of the molecule is C=CC(C)/C=C/CCC(C)OC(=O)Cc1ccccc1. The van der Waals surface area contributed by atoms with Crippen molar-refractivity contribution in [1.82, 2.24) is 0 Å². The maximum atomic E-state index is 11.8. The highest BCUT2D eigenvalue weighted by atomic mass is 16.5. The van der Waals surface area contributed by atoms with Gasteiger partial charge >= 0.3 is 5.97 Å². The molecule has 0 heterocycles. The molecule has 0 aliphatic rings. The lowest BCUT2D eigenvalue weighted by Crippen LogP contribution is -2.16. The number of ether oxygens (including phenoxy) is 1. The van der Waals surface area contributed by atoms with Gasteiger partial charge in [0, 0.05) is 0 Å². The molecular weight excluding hydrogens is 248 g/mol. The van der Waals surface area contributed by atoms with E-state index in [0.29, 0.717) is 12.3 Å². The minimum Gasteiger partial charge on any atom is -0.462 e. The molecule has 1 aromatic rings. The van der Waals surface area contributed by atoms with Crippen LogP contribution in [-0.2, 0) is 16.0 Å². The first-order chi connectivity index (χ1) is 9.61. The fourth-order valence-corrected chi connectivity index (χ4v) is 1.81. The maximum absolute atomic E-state index is 11.8. The molecule has 0 saturated carbocycles. The van der Waals surface area contributed by atoms with Crippen LogP contribution in [0.1, 0.15) is 32.3 Å². The summed E-state index contributed by atoms with van der Waals surface area (Å²) in [6.45, 7) is 7.76. The summed E-state index contributed by atoms with van der Waals surface area (Å²) in [6, 6.07) is 9.67. The van der Waals surface area contributed by atoms with Crippen LogP contribution in [0.2, 0.25) is 0 Å². The monoisotopic (exact) mass is 272 g/mol. The van der Waals surface area contributed by atoms with Crippen molar-refractivity contribution in [3.05, 3.63) is 60.7 Å². The Bertz CT molecular complexity index is 434. The van der Waals surface area contributed by atoms with Gasteiger partial charge < -0.3 is 4.74 Å². The maximum Gasteiger partial charge on any atom is 0.310 e. The van der Waals surface area contributed by atoms with Gasteiger partial charge in [-0.25, -0.2) is 0 Å². The lowest BCUT2D eigenvalue weighted by Gasteiger charge is -2.12. The smallest absolute Gasteiger partial charge is 0.310 e. The molecule has 0 fully saturated rings. The van der Waals surface area contributed by atoms with Gasteiger partial charge in [0.2, 0.25) is 0 Å². The van der Waals surface area contributed by atoms with Crippen LogP contribution < -0.4 is 0 Å². The van der Waals surface area contributed by atoms with E-state index in [2.05, 4.69) is 25.7 Å². The Morgan fingerprint density at radius 3 is 2.65 bits per heavy atom. The number of hydrogen-bond donors (Lipinski definition) is 0. The minimum absolute atomic E-state index is 0.0464. The highest BCUT2D eigenvalue weighted by Gasteiger charge is 2.09. The number of hydrogen-bond acceptors (Lipinski definition) is 2. The van der Waals surface area contributed by atoms with Crippen LogP contribution in [0.5, 0.6) is 0 Å². The highest BCUT2D eigenvalue weighted by molar-refractivity contribution is 5.72. The van der Waals surface area contributed by atoms with Gasteiger partial charge in [-0.2, -0.15) is 0 Å². The average molecular weight is 272 g/mol. The molecule has 2 nitrogen and oxygen atoms in total. The normalized spacial score (nSPS) is 13.9. The molecule has 0 aromatic heterocycles. The van der Waals surface area contributed by atoms with Crippen LogP contribution in [0.25, 0.3) is 0 Å². The molecule has 2 unspecified atom stereocenters. The van der Waals surface area contributed by atoms with Crippen molar-refractivity contribution in [1.29, 1.82) is 0 Å². The molecule has 2 atom stereocenters. The van der Waals surface area contributed by atoms with E-state index < -0.39 is 0 Å². The Kier molecular flexibility index (Phi) is 7.41. The number of carbonyl (C=O) groups excluding carboxylic acids is 1. The van der Waals surface area contributed by atoms with Gasteiger partial charge in [0.1, 0.15) is 0 Å². The molecule has 1 aromatic carbocycles. The van der Waals surface area contributed by atoms with E-state index in [9.17, 15) is 4.79 Å². The topological polar surface area (TPSA) is 26.3 Å². The lowest BCUT2D eigenvalue weighted by atomic mass is 10.1. The van der Waals surface area contributed by atoms with Gasteiger partial charge in [0.05, 0.1) is 12.5 Å². The van der Waals surface area contributed by atoms with Crippen LogP contribution in [0.15, 0.2) is 55.1 Å². The van der Waals surface area contributed by atoms with Gasteiger partial charge in [-0.05, 0) is 31.2 Å². The van der Waals surface area contributed by atoms with Crippen molar-refractivity contribution in [3.63, 3.8) is 0 Å². The predicted octanol–water partition coefficient (Wildman–Crippen LogP) is 4.32. The Balaban J connectivity index is 2.25. The van der Waals surface area contributed by atoms with E-state index in [4.69, 9.17) is 4.74 Å². The van der Waals surface area contributed by atoms with E-state index in [0.717, 1.165) is 18.4 Å². The molecule has 0 aliphatic heterocycles. The Labute approximate surface area is 122 Å². The van der Waals surface area contributed by atoms with E-state index in [1.165, 1.54) is 0 Å². The number of allylic oxidation sites excluding steroid dienone is 3. The number of benzene rings is 1. The third-order valence-electron chi connectivity index (χ3n) is 3.08. The second-order valence-corrected chi connectivity index (χ2v) is 5.06. The Morgan fingerprint density at radius 2 is 2.00 bits per heavy atom. The molecule has 108 valence electrons. The van der Waals surface area contributed by atoms with Crippen molar-refractivity contribution < 1.29 is 9.53 Å². The van der Waals surface area contributed by atoms with Crippen molar-refractivity contribution in [2.45, 2.75) is 39.2 Å². The van der Waals surface area contributed by atoms with Crippen molar-refractivity contribution >= 4 is 5.97 Å². The summed E-state index contributed by atoms with van der Waals surface area (Å²) in [4.78, 5) is 11.8. The van der Waals surface area contributed by atoms with Gasteiger partial charge in [-0.1, -0.05) is 55.5 Å². The first-order valence-electron chi connectivity index (χ1n) is 7.14. The van der Waals surface area contributed by atoms with E-state index >= 15 is 0 Å². The van der Waals surface area contributed by atoms with Crippen molar-refractivity contribution in [3.8, 4) is 0 Å². The van der Waals surface area contributed by atoms with E-state index in [1.807, 2.05) is 43.3 Å². The van der Waals surface area contributed by atoms with Crippen LogP contribution in [0.3, 0.4) is 0 Å². The summed E-state index contributed by atoms with van der Waals surface area (Å²) >= 11 is 0. The highest BCUT2D eigenvalue weighted by Crippen LogP contribution is 2.07. The fourth-order valence-electron chi connectivity index (χ4n) is 1.81. The lowest BCUT2D eigenvalue weighted by molar-refractivity contribution is -0.147. The molecule has 0 aliphatic carbocycles. The first-order valence-corrected chi connectivity index (χ1v) is 7.14. The summed E-state index contributed by atoms with van der Waals surface area (Å²) in [6.07, 6.45) is 8.20. The second-order valence-electron chi connectivity index (χ2n) is 5.06. The predicted molar refractivity (Wildman–Crippen MR) is 83.4 cm³/mol. The third-order valence-corrected chi connectivity index (χ3v) is 3.08. The largest absolute Gasteiger partial charge is 0.462 e. The van der Waals surface area contributed by atoms with Gasteiger partial charge in [-0.15, -0.1) is 6.58 Å². The molecule has 20 heavy (non-hydrogen) atoms. The van der Waals surface area contributed by atoms with Crippen LogP contribution in [0.4, 0.5) is 0 Å². The summed E-state index contributed by atoms with van der Waals surface area (Å²) < 4.78 is 5.39. The second kappa shape index (κ2) is 9.13. The minimum atomic E-state index is -0.160.